The fourth-order valence-electron chi connectivity index (χ4n) is 2.92. The Morgan fingerprint density at radius 1 is 1.39 bits per heavy atom. The van der Waals surface area contributed by atoms with E-state index in [1.54, 1.807) is 21.9 Å². The fraction of sp³-hybridized carbons (Fsp3) is 0.467. The first-order chi connectivity index (χ1) is 11.0. The van der Waals surface area contributed by atoms with E-state index in [1.807, 2.05) is 25.1 Å². The van der Waals surface area contributed by atoms with Crippen LogP contribution in [0.4, 0.5) is 21.0 Å². The van der Waals surface area contributed by atoms with Crippen molar-refractivity contribution in [1.29, 1.82) is 0 Å². The molecule has 1 aromatic rings. The lowest BCUT2D eigenvalue weighted by Crippen LogP contribution is -2.62. The standard InChI is InChI=1S/C15H20ClN5O2/c1-19(2)13-11(16)4-3-5-12(13)18-15(23)20-8-10(9-20)21-7-6-17-14(21)22/h3-5,10H,6-9H2,1-2H3,(H,17,22)(H,18,23). The first kappa shape index (κ1) is 15.7. The first-order valence-electron chi connectivity index (χ1n) is 7.53. The summed E-state index contributed by atoms with van der Waals surface area (Å²) in [6.07, 6.45) is 0. The lowest BCUT2D eigenvalue weighted by molar-refractivity contribution is 0.0922. The monoisotopic (exact) mass is 337 g/mol. The van der Waals surface area contributed by atoms with Crippen molar-refractivity contribution in [2.75, 3.05) is 50.5 Å². The van der Waals surface area contributed by atoms with Crippen molar-refractivity contribution in [2.24, 2.45) is 0 Å². The number of hydrogen-bond acceptors (Lipinski definition) is 3. The van der Waals surface area contributed by atoms with Crippen LogP contribution in [0.3, 0.4) is 0 Å². The van der Waals surface area contributed by atoms with Crippen molar-refractivity contribution in [3.63, 3.8) is 0 Å². The van der Waals surface area contributed by atoms with Gasteiger partial charge in [-0.15, -0.1) is 0 Å². The van der Waals surface area contributed by atoms with E-state index in [-0.39, 0.29) is 18.1 Å². The van der Waals surface area contributed by atoms with Crippen molar-refractivity contribution in [2.45, 2.75) is 6.04 Å². The van der Waals surface area contributed by atoms with Gasteiger partial charge in [-0.05, 0) is 12.1 Å². The highest BCUT2D eigenvalue weighted by Gasteiger charge is 2.38. The highest BCUT2D eigenvalue weighted by Crippen LogP contribution is 2.33. The molecule has 2 N–H and O–H groups in total. The zero-order valence-electron chi connectivity index (χ0n) is 13.2. The summed E-state index contributed by atoms with van der Waals surface area (Å²) in [6.45, 7) is 2.49. The number of urea groups is 2. The number of likely N-dealkylation sites (tertiary alicyclic amines) is 1. The number of halogens is 1. The summed E-state index contributed by atoms with van der Waals surface area (Å²) in [6, 6.07) is 5.31. The first-order valence-corrected chi connectivity index (χ1v) is 7.91. The predicted octanol–water partition coefficient (Wildman–Crippen LogP) is 1.65. The quantitative estimate of drug-likeness (QED) is 0.881. The van der Waals surface area contributed by atoms with Gasteiger partial charge >= 0.3 is 12.1 Å². The molecular weight excluding hydrogens is 318 g/mol. The zero-order valence-corrected chi connectivity index (χ0v) is 13.9. The molecule has 0 radical (unpaired) electrons. The molecule has 2 aliphatic rings. The number of hydrogen-bond donors (Lipinski definition) is 2. The molecule has 0 saturated carbocycles. The van der Waals surface area contributed by atoms with E-state index in [1.165, 1.54) is 0 Å². The maximum atomic E-state index is 12.4. The number of nitrogens with one attached hydrogen (secondary N) is 2. The van der Waals surface area contributed by atoms with Crippen LogP contribution in [0.2, 0.25) is 5.02 Å². The Hall–Kier alpha value is -2.15. The van der Waals surface area contributed by atoms with E-state index >= 15 is 0 Å². The highest BCUT2D eigenvalue weighted by atomic mass is 35.5. The number of anilines is 2. The molecule has 0 aromatic heterocycles. The lowest BCUT2D eigenvalue weighted by atomic mass is 10.1. The average molecular weight is 338 g/mol. The van der Waals surface area contributed by atoms with E-state index < -0.39 is 0 Å². The molecule has 2 fully saturated rings. The molecule has 0 unspecified atom stereocenters. The Morgan fingerprint density at radius 3 is 2.74 bits per heavy atom. The molecule has 0 aliphatic carbocycles. The van der Waals surface area contributed by atoms with E-state index in [0.29, 0.717) is 36.9 Å². The van der Waals surface area contributed by atoms with Crippen LogP contribution in [-0.2, 0) is 0 Å². The van der Waals surface area contributed by atoms with Gasteiger partial charge in [0.25, 0.3) is 0 Å². The molecule has 0 atom stereocenters. The van der Waals surface area contributed by atoms with Crippen molar-refractivity contribution in [3.8, 4) is 0 Å². The number of carbonyl (C=O) groups excluding carboxylic acids is 2. The van der Waals surface area contributed by atoms with Crippen LogP contribution in [0.15, 0.2) is 18.2 Å². The zero-order chi connectivity index (χ0) is 16.6. The van der Waals surface area contributed by atoms with Crippen LogP contribution in [0.1, 0.15) is 0 Å². The minimum atomic E-state index is -0.175. The Kier molecular flexibility index (Phi) is 4.21. The van der Waals surface area contributed by atoms with Gasteiger partial charge < -0.3 is 25.3 Å². The summed E-state index contributed by atoms with van der Waals surface area (Å²) in [5, 5.41) is 6.26. The van der Waals surface area contributed by atoms with E-state index in [4.69, 9.17) is 11.6 Å². The van der Waals surface area contributed by atoms with Crippen LogP contribution in [0.25, 0.3) is 0 Å². The molecule has 3 rings (SSSR count). The van der Waals surface area contributed by atoms with Crippen molar-refractivity contribution < 1.29 is 9.59 Å². The van der Waals surface area contributed by atoms with Gasteiger partial charge in [0.2, 0.25) is 0 Å². The van der Waals surface area contributed by atoms with Gasteiger partial charge in [0.05, 0.1) is 22.4 Å². The SMILES string of the molecule is CN(C)c1c(Cl)cccc1NC(=O)N1CC(N2CCNC2=O)C1. The number of nitrogens with zero attached hydrogens (tertiary/aromatic N) is 3. The Labute approximate surface area is 140 Å². The predicted molar refractivity (Wildman–Crippen MR) is 90.3 cm³/mol. The normalized spacial score (nSPS) is 17.8. The summed E-state index contributed by atoms with van der Waals surface area (Å²) in [5.41, 5.74) is 1.45. The van der Waals surface area contributed by atoms with E-state index in [2.05, 4.69) is 10.6 Å². The number of rotatable bonds is 3. The molecule has 2 saturated heterocycles. The number of para-hydroxylation sites is 1. The summed E-state index contributed by atoms with van der Waals surface area (Å²) in [4.78, 5) is 29.3. The Bertz CT molecular complexity index is 630. The minimum absolute atomic E-state index is 0.0419. The summed E-state index contributed by atoms with van der Waals surface area (Å²) in [7, 11) is 3.75. The molecule has 7 nitrogen and oxygen atoms in total. The maximum Gasteiger partial charge on any atom is 0.322 e. The van der Waals surface area contributed by atoms with Gasteiger partial charge in [0, 0.05) is 40.3 Å². The lowest BCUT2D eigenvalue weighted by Gasteiger charge is -2.43. The van der Waals surface area contributed by atoms with Crippen LogP contribution in [0, 0.1) is 0 Å². The average Bonchev–Trinajstić information content (AvgIpc) is 2.83. The van der Waals surface area contributed by atoms with Crippen LogP contribution in [-0.4, -0.2) is 68.2 Å². The number of carbonyl (C=O) groups is 2. The smallest absolute Gasteiger partial charge is 0.322 e. The molecule has 2 aliphatic heterocycles. The Balaban J connectivity index is 1.61. The van der Waals surface area contributed by atoms with Gasteiger partial charge in [-0.25, -0.2) is 9.59 Å². The third-order valence-electron chi connectivity index (χ3n) is 4.16. The molecule has 0 spiro atoms. The van der Waals surface area contributed by atoms with Crippen molar-refractivity contribution in [1.82, 2.24) is 15.1 Å². The Morgan fingerprint density at radius 2 is 2.13 bits per heavy atom. The largest absolute Gasteiger partial charge is 0.375 e. The molecule has 23 heavy (non-hydrogen) atoms. The minimum Gasteiger partial charge on any atom is -0.375 e. The highest BCUT2D eigenvalue weighted by molar-refractivity contribution is 6.34. The molecular formula is C15H20ClN5O2. The van der Waals surface area contributed by atoms with Gasteiger partial charge in [0.1, 0.15) is 0 Å². The molecule has 1 aromatic carbocycles. The summed E-state index contributed by atoms with van der Waals surface area (Å²) >= 11 is 6.20. The van der Waals surface area contributed by atoms with Gasteiger partial charge in [-0.3, -0.25) is 0 Å². The molecule has 2 heterocycles. The van der Waals surface area contributed by atoms with Gasteiger partial charge in [0.15, 0.2) is 0 Å². The second-order valence-electron chi connectivity index (χ2n) is 5.94. The topological polar surface area (TPSA) is 67.9 Å². The van der Waals surface area contributed by atoms with Crippen molar-refractivity contribution in [3.05, 3.63) is 23.2 Å². The van der Waals surface area contributed by atoms with Gasteiger partial charge in [-0.1, -0.05) is 17.7 Å². The van der Waals surface area contributed by atoms with Gasteiger partial charge in [-0.2, -0.15) is 0 Å². The van der Waals surface area contributed by atoms with Crippen LogP contribution < -0.4 is 15.5 Å². The third-order valence-corrected chi connectivity index (χ3v) is 4.46. The van der Waals surface area contributed by atoms with Crippen LogP contribution in [0.5, 0.6) is 0 Å². The summed E-state index contributed by atoms with van der Waals surface area (Å²) < 4.78 is 0. The second-order valence-corrected chi connectivity index (χ2v) is 6.35. The third kappa shape index (κ3) is 3.01. The molecule has 4 amide bonds. The summed E-state index contributed by atoms with van der Waals surface area (Å²) in [5.74, 6) is 0. The number of amides is 4. The second kappa shape index (κ2) is 6.16. The molecule has 8 heteroatoms. The fourth-order valence-corrected chi connectivity index (χ4v) is 3.26. The van der Waals surface area contributed by atoms with E-state index in [9.17, 15) is 9.59 Å². The van der Waals surface area contributed by atoms with E-state index in [0.717, 1.165) is 5.69 Å². The molecule has 0 bridgehead atoms. The molecule has 124 valence electrons. The van der Waals surface area contributed by atoms with Crippen LogP contribution >= 0.6 is 11.6 Å². The number of benzene rings is 1. The van der Waals surface area contributed by atoms with Crippen molar-refractivity contribution >= 4 is 35.0 Å². The maximum absolute atomic E-state index is 12.4.